The minimum Gasteiger partial charge on any atom is -0.491 e. The van der Waals surface area contributed by atoms with E-state index in [2.05, 4.69) is 33.2 Å². The summed E-state index contributed by atoms with van der Waals surface area (Å²) in [7, 11) is 2.16. The monoisotopic (exact) mass is 346 g/mol. The first kappa shape index (κ1) is 14.9. The molecule has 0 aromatic heterocycles. The van der Waals surface area contributed by atoms with E-state index < -0.39 is 0 Å². The highest BCUT2D eigenvalue weighted by Gasteiger charge is 2.19. The summed E-state index contributed by atoms with van der Waals surface area (Å²) < 4.78 is 6.61. The second-order valence-electron chi connectivity index (χ2n) is 4.94. The third kappa shape index (κ3) is 4.01. The van der Waals surface area contributed by atoms with Crippen molar-refractivity contribution in [3.63, 3.8) is 0 Å². The predicted octanol–water partition coefficient (Wildman–Crippen LogP) is 4.01. The smallest absolute Gasteiger partial charge is 0.156 e. The SMILES string of the molecule is CCOc1c(Br)cc(Cl)cc1NC1CCCN(C)C1. The van der Waals surface area contributed by atoms with E-state index in [4.69, 9.17) is 16.3 Å². The van der Waals surface area contributed by atoms with Gasteiger partial charge in [0, 0.05) is 17.6 Å². The molecule has 1 aliphatic heterocycles. The summed E-state index contributed by atoms with van der Waals surface area (Å²) in [6, 6.07) is 4.25. The van der Waals surface area contributed by atoms with Crippen LogP contribution < -0.4 is 10.1 Å². The summed E-state index contributed by atoms with van der Waals surface area (Å²) in [5.74, 6) is 0.847. The Morgan fingerprint density at radius 1 is 1.53 bits per heavy atom. The molecule has 2 rings (SSSR count). The Balaban J connectivity index is 2.17. The number of hydrogen-bond donors (Lipinski definition) is 1. The zero-order chi connectivity index (χ0) is 13.8. The molecule has 1 aromatic rings. The molecule has 106 valence electrons. The van der Waals surface area contributed by atoms with Crippen molar-refractivity contribution in [1.29, 1.82) is 0 Å². The van der Waals surface area contributed by atoms with Crippen molar-refractivity contribution in [2.75, 3.05) is 32.1 Å². The fourth-order valence-electron chi connectivity index (χ4n) is 2.46. The van der Waals surface area contributed by atoms with Crippen molar-refractivity contribution in [2.45, 2.75) is 25.8 Å². The van der Waals surface area contributed by atoms with Crippen LogP contribution in [0.5, 0.6) is 5.75 Å². The van der Waals surface area contributed by atoms with Gasteiger partial charge in [0.2, 0.25) is 0 Å². The van der Waals surface area contributed by atoms with Crippen molar-refractivity contribution in [3.05, 3.63) is 21.6 Å². The Morgan fingerprint density at radius 3 is 3.00 bits per heavy atom. The third-order valence-corrected chi connectivity index (χ3v) is 4.09. The van der Waals surface area contributed by atoms with Crippen molar-refractivity contribution in [1.82, 2.24) is 4.90 Å². The molecule has 0 bridgehead atoms. The summed E-state index contributed by atoms with van der Waals surface area (Å²) in [5.41, 5.74) is 0.974. The number of likely N-dealkylation sites (tertiary alicyclic amines) is 1. The van der Waals surface area contributed by atoms with Crippen LogP contribution in [0.1, 0.15) is 19.8 Å². The van der Waals surface area contributed by atoms with Crippen molar-refractivity contribution in [2.24, 2.45) is 0 Å². The van der Waals surface area contributed by atoms with Gasteiger partial charge in [-0.15, -0.1) is 0 Å². The number of benzene rings is 1. The second-order valence-corrected chi connectivity index (χ2v) is 6.23. The summed E-state index contributed by atoms with van der Waals surface area (Å²) in [6.45, 7) is 4.85. The molecule has 0 radical (unpaired) electrons. The molecule has 0 amide bonds. The Hall–Kier alpha value is -0.450. The molecule has 0 spiro atoms. The van der Waals surface area contributed by atoms with E-state index in [0.717, 1.165) is 22.5 Å². The molecule has 0 aliphatic carbocycles. The van der Waals surface area contributed by atoms with Gasteiger partial charge in [-0.1, -0.05) is 11.6 Å². The number of hydrogen-bond acceptors (Lipinski definition) is 3. The highest BCUT2D eigenvalue weighted by molar-refractivity contribution is 9.10. The molecule has 1 N–H and O–H groups in total. The molecule has 1 saturated heterocycles. The third-order valence-electron chi connectivity index (χ3n) is 3.28. The van der Waals surface area contributed by atoms with E-state index in [1.807, 2.05) is 19.1 Å². The molecule has 5 heteroatoms. The van der Waals surface area contributed by atoms with Crippen LogP contribution in [0.3, 0.4) is 0 Å². The average molecular weight is 348 g/mol. The van der Waals surface area contributed by atoms with E-state index in [-0.39, 0.29) is 0 Å². The maximum absolute atomic E-state index is 6.13. The van der Waals surface area contributed by atoms with Crippen LogP contribution in [0.25, 0.3) is 0 Å². The van der Waals surface area contributed by atoms with E-state index in [1.165, 1.54) is 19.4 Å². The van der Waals surface area contributed by atoms with Gasteiger partial charge in [0.15, 0.2) is 5.75 Å². The van der Waals surface area contributed by atoms with Gasteiger partial charge in [0.05, 0.1) is 16.8 Å². The van der Waals surface area contributed by atoms with Gasteiger partial charge < -0.3 is 15.0 Å². The molecule has 1 aliphatic rings. The fraction of sp³-hybridized carbons (Fsp3) is 0.571. The topological polar surface area (TPSA) is 24.5 Å². The zero-order valence-corrected chi connectivity index (χ0v) is 13.7. The number of piperidine rings is 1. The van der Waals surface area contributed by atoms with E-state index in [9.17, 15) is 0 Å². The van der Waals surface area contributed by atoms with Gasteiger partial charge in [-0.05, 0) is 61.4 Å². The van der Waals surface area contributed by atoms with Crippen LogP contribution in [0.4, 0.5) is 5.69 Å². The zero-order valence-electron chi connectivity index (χ0n) is 11.4. The highest BCUT2D eigenvalue weighted by Crippen LogP contribution is 2.37. The molecule has 0 saturated carbocycles. The largest absolute Gasteiger partial charge is 0.491 e. The number of halogens is 2. The molecular formula is C14H20BrClN2O. The van der Waals surface area contributed by atoms with Gasteiger partial charge in [0.1, 0.15) is 0 Å². The van der Waals surface area contributed by atoms with E-state index in [1.54, 1.807) is 0 Å². The maximum atomic E-state index is 6.13. The quantitative estimate of drug-likeness (QED) is 0.890. The van der Waals surface area contributed by atoms with Crippen molar-refractivity contribution in [3.8, 4) is 5.75 Å². The molecule has 3 nitrogen and oxygen atoms in total. The van der Waals surface area contributed by atoms with Crippen molar-refractivity contribution >= 4 is 33.2 Å². The van der Waals surface area contributed by atoms with Crippen molar-refractivity contribution < 1.29 is 4.74 Å². The number of nitrogens with zero attached hydrogens (tertiary/aromatic N) is 1. The summed E-state index contributed by atoms with van der Waals surface area (Å²) in [6.07, 6.45) is 2.40. The van der Waals surface area contributed by atoms with Gasteiger partial charge in [-0.25, -0.2) is 0 Å². The van der Waals surface area contributed by atoms with Crippen LogP contribution in [-0.4, -0.2) is 37.7 Å². The lowest BCUT2D eigenvalue weighted by Gasteiger charge is -2.31. The van der Waals surface area contributed by atoms with Crippen LogP contribution in [0.2, 0.25) is 5.02 Å². The minimum absolute atomic E-state index is 0.448. The normalized spacial score (nSPS) is 20.3. The van der Waals surface area contributed by atoms with Crippen LogP contribution in [-0.2, 0) is 0 Å². The van der Waals surface area contributed by atoms with E-state index in [0.29, 0.717) is 17.7 Å². The molecule has 1 unspecified atom stereocenters. The van der Waals surface area contributed by atoms with Gasteiger partial charge in [-0.2, -0.15) is 0 Å². The van der Waals surface area contributed by atoms with E-state index >= 15 is 0 Å². The Kier molecular flexibility index (Phi) is 5.37. The first-order chi connectivity index (χ1) is 9.10. The van der Waals surface area contributed by atoms with Crippen LogP contribution in [0.15, 0.2) is 16.6 Å². The number of nitrogens with one attached hydrogen (secondary N) is 1. The first-order valence-electron chi connectivity index (χ1n) is 6.67. The lowest BCUT2D eigenvalue weighted by atomic mass is 10.1. The lowest BCUT2D eigenvalue weighted by molar-refractivity contribution is 0.260. The second kappa shape index (κ2) is 6.82. The molecule has 1 fully saturated rings. The van der Waals surface area contributed by atoms with Crippen LogP contribution in [0, 0.1) is 0 Å². The summed E-state index contributed by atoms with van der Waals surface area (Å²) in [5, 5.41) is 4.28. The molecule has 1 aromatic carbocycles. The molecule has 19 heavy (non-hydrogen) atoms. The Morgan fingerprint density at radius 2 is 2.32 bits per heavy atom. The Bertz CT molecular complexity index is 442. The maximum Gasteiger partial charge on any atom is 0.156 e. The number of likely N-dealkylation sites (N-methyl/N-ethyl adjacent to an activating group) is 1. The standard InChI is InChI=1S/C14H20BrClN2O/c1-3-19-14-12(15)7-10(16)8-13(14)17-11-5-4-6-18(2)9-11/h7-8,11,17H,3-6,9H2,1-2H3. The summed E-state index contributed by atoms with van der Waals surface area (Å²) in [4.78, 5) is 2.35. The van der Waals surface area contributed by atoms with Gasteiger partial charge >= 0.3 is 0 Å². The summed E-state index contributed by atoms with van der Waals surface area (Å²) >= 11 is 9.65. The first-order valence-corrected chi connectivity index (χ1v) is 7.84. The number of ether oxygens (including phenoxy) is 1. The predicted molar refractivity (Wildman–Crippen MR) is 84.5 cm³/mol. The average Bonchev–Trinajstić information content (AvgIpc) is 2.33. The minimum atomic E-state index is 0.448. The Labute approximate surface area is 128 Å². The number of anilines is 1. The van der Waals surface area contributed by atoms with Gasteiger partial charge in [0.25, 0.3) is 0 Å². The highest BCUT2D eigenvalue weighted by atomic mass is 79.9. The van der Waals surface area contributed by atoms with Crippen LogP contribution >= 0.6 is 27.5 Å². The van der Waals surface area contributed by atoms with Gasteiger partial charge in [-0.3, -0.25) is 0 Å². The fourth-order valence-corrected chi connectivity index (χ4v) is 3.39. The molecule has 1 atom stereocenters. The molecular weight excluding hydrogens is 328 g/mol. The number of rotatable bonds is 4. The molecule has 1 heterocycles. The lowest BCUT2D eigenvalue weighted by Crippen LogP contribution is -2.39.